The van der Waals surface area contributed by atoms with Crippen molar-refractivity contribution in [3.8, 4) is 5.75 Å². The predicted octanol–water partition coefficient (Wildman–Crippen LogP) is 1.89. The molecule has 0 aromatic heterocycles. The number of benzene rings is 1. The number of likely N-dealkylation sites (tertiary alicyclic amines) is 1. The third-order valence-corrected chi connectivity index (χ3v) is 3.66. The third kappa shape index (κ3) is 2.76. The molecule has 0 bridgehead atoms. The Morgan fingerprint density at radius 2 is 2.06 bits per heavy atom. The summed E-state index contributed by atoms with van der Waals surface area (Å²) in [6.45, 7) is 1.50. The van der Waals surface area contributed by atoms with Gasteiger partial charge in [-0.15, -0.1) is 0 Å². The first-order valence-corrected chi connectivity index (χ1v) is 6.38. The topological polar surface area (TPSA) is 60.8 Å². The summed E-state index contributed by atoms with van der Waals surface area (Å²) in [6.07, 6.45) is 1.65. The number of amides is 1. The van der Waals surface area contributed by atoms with Crippen molar-refractivity contribution < 1.29 is 15.0 Å². The number of nitrogens with zero attached hydrogens (tertiary/aromatic N) is 1. The average molecular weight is 270 g/mol. The molecule has 18 heavy (non-hydrogen) atoms. The number of aliphatic hydroxyl groups is 1. The quantitative estimate of drug-likeness (QED) is 0.862. The number of phenolic OH excluding ortho intramolecular Hbond substituents is 1. The van der Waals surface area contributed by atoms with Gasteiger partial charge < -0.3 is 15.1 Å². The summed E-state index contributed by atoms with van der Waals surface area (Å²) in [4.78, 5) is 13.9. The lowest BCUT2D eigenvalue weighted by atomic mass is 9.97. The Kier molecular flexibility index (Phi) is 4.09. The van der Waals surface area contributed by atoms with Crippen LogP contribution in [0.4, 0.5) is 0 Å². The van der Waals surface area contributed by atoms with Crippen LogP contribution < -0.4 is 0 Å². The number of carbonyl (C=O) groups is 1. The van der Waals surface area contributed by atoms with Crippen LogP contribution in [-0.2, 0) is 0 Å². The SMILES string of the molecule is O=C(c1ccc(O)c(Cl)c1)N1CCC(CO)CC1. The van der Waals surface area contributed by atoms with E-state index in [9.17, 15) is 9.90 Å². The summed E-state index contributed by atoms with van der Waals surface area (Å²) in [5.41, 5.74) is 0.486. The Hall–Kier alpha value is -1.26. The minimum atomic E-state index is -0.0757. The Morgan fingerprint density at radius 3 is 2.61 bits per heavy atom. The molecule has 0 aliphatic carbocycles. The molecule has 0 atom stereocenters. The molecule has 1 heterocycles. The van der Waals surface area contributed by atoms with Crippen molar-refractivity contribution in [1.82, 2.24) is 4.90 Å². The highest BCUT2D eigenvalue weighted by Crippen LogP contribution is 2.25. The number of carbonyl (C=O) groups excluding carboxylic acids is 1. The number of aromatic hydroxyl groups is 1. The summed E-state index contributed by atoms with van der Waals surface area (Å²) in [7, 11) is 0. The Morgan fingerprint density at radius 1 is 1.39 bits per heavy atom. The maximum absolute atomic E-state index is 12.2. The molecule has 1 saturated heterocycles. The minimum Gasteiger partial charge on any atom is -0.506 e. The maximum atomic E-state index is 12.2. The van der Waals surface area contributed by atoms with E-state index < -0.39 is 0 Å². The number of aliphatic hydroxyl groups excluding tert-OH is 1. The molecule has 1 aliphatic heterocycles. The first-order valence-electron chi connectivity index (χ1n) is 6.00. The van der Waals surface area contributed by atoms with Gasteiger partial charge in [-0.05, 0) is 37.0 Å². The zero-order valence-corrected chi connectivity index (χ0v) is 10.7. The van der Waals surface area contributed by atoms with Crippen molar-refractivity contribution in [1.29, 1.82) is 0 Å². The first kappa shape index (κ1) is 13.2. The fraction of sp³-hybridized carbons (Fsp3) is 0.462. The number of halogens is 1. The van der Waals surface area contributed by atoms with Gasteiger partial charge in [0.1, 0.15) is 5.75 Å². The van der Waals surface area contributed by atoms with Crippen LogP contribution in [0.1, 0.15) is 23.2 Å². The lowest BCUT2D eigenvalue weighted by Gasteiger charge is -2.31. The van der Waals surface area contributed by atoms with E-state index in [1.807, 2.05) is 0 Å². The fourth-order valence-electron chi connectivity index (χ4n) is 2.14. The van der Waals surface area contributed by atoms with Gasteiger partial charge in [0.25, 0.3) is 5.91 Å². The lowest BCUT2D eigenvalue weighted by molar-refractivity contribution is 0.0651. The molecule has 0 unspecified atom stereocenters. The van der Waals surface area contributed by atoms with Crippen LogP contribution in [0.25, 0.3) is 0 Å². The average Bonchev–Trinajstić information content (AvgIpc) is 2.41. The number of rotatable bonds is 2. The van der Waals surface area contributed by atoms with E-state index in [4.69, 9.17) is 16.7 Å². The van der Waals surface area contributed by atoms with Crippen molar-refractivity contribution in [2.45, 2.75) is 12.8 Å². The lowest BCUT2D eigenvalue weighted by Crippen LogP contribution is -2.39. The second-order valence-electron chi connectivity index (χ2n) is 4.58. The maximum Gasteiger partial charge on any atom is 0.253 e. The number of hydrogen-bond acceptors (Lipinski definition) is 3. The monoisotopic (exact) mass is 269 g/mol. The van der Waals surface area contributed by atoms with E-state index in [-0.39, 0.29) is 23.3 Å². The molecular weight excluding hydrogens is 254 g/mol. The van der Waals surface area contributed by atoms with E-state index >= 15 is 0 Å². The highest BCUT2D eigenvalue weighted by Gasteiger charge is 2.23. The number of phenols is 1. The molecular formula is C13H16ClNO3. The van der Waals surface area contributed by atoms with Gasteiger partial charge in [0.2, 0.25) is 0 Å². The smallest absolute Gasteiger partial charge is 0.253 e. The van der Waals surface area contributed by atoms with Crippen molar-refractivity contribution in [3.05, 3.63) is 28.8 Å². The summed E-state index contributed by atoms with van der Waals surface area (Å²) in [5, 5.41) is 18.6. The second-order valence-corrected chi connectivity index (χ2v) is 4.99. The van der Waals surface area contributed by atoms with Gasteiger partial charge >= 0.3 is 0 Å². The third-order valence-electron chi connectivity index (χ3n) is 3.35. The number of hydrogen-bond donors (Lipinski definition) is 2. The normalized spacial score (nSPS) is 16.9. The van der Waals surface area contributed by atoms with Crippen molar-refractivity contribution in [3.63, 3.8) is 0 Å². The molecule has 2 N–H and O–H groups in total. The Bertz CT molecular complexity index is 442. The van der Waals surface area contributed by atoms with Gasteiger partial charge in [0.05, 0.1) is 5.02 Å². The molecule has 0 saturated carbocycles. The van der Waals surface area contributed by atoms with Crippen molar-refractivity contribution in [2.24, 2.45) is 5.92 Å². The molecule has 98 valence electrons. The molecule has 4 nitrogen and oxygen atoms in total. The fourth-order valence-corrected chi connectivity index (χ4v) is 2.32. The van der Waals surface area contributed by atoms with Gasteiger partial charge in [-0.3, -0.25) is 4.79 Å². The van der Waals surface area contributed by atoms with Gasteiger partial charge in [0, 0.05) is 25.3 Å². The first-order chi connectivity index (χ1) is 8.61. The molecule has 1 amide bonds. The highest BCUT2D eigenvalue weighted by atomic mass is 35.5. The zero-order chi connectivity index (χ0) is 13.1. The second kappa shape index (κ2) is 5.59. The molecule has 0 radical (unpaired) electrons. The Balaban J connectivity index is 2.05. The van der Waals surface area contributed by atoms with Gasteiger partial charge in [0.15, 0.2) is 0 Å². The zero-order valence-electron chi connectivity index (χ0n) is 9.97. The number of piperidine rings is 1. The molecule has 1 aliphatic rings. The predicted molar refractivity (Wildman–Crippen MR) is 68.8 cm³/mol. The van der Waals surface area contributed by atoms with Crippen molar-refractivity contribution >= 4 is 17.5 Å². The van der Waals surface area contributed by atoms with Crippen LogP contribution in [0.15, 0.2) is 18.2 Å². The standard InChI is InChI=1S/C13H16ClNO3/c14-11-7-10(1-2-12(11)17)13(18)15-5-3-9(8-16)4-6-15/h1-2,7,9,16-17H,3-6,8H2. The highest BCUT2D eigenvalue weighted by molar-refractivity contribution is 6.32. The van der Waals surface area contributed by atoms with E-state index in [1.165, 1.54) is 12.1 Å². The van der Waals surface area contributed by atoms with Crippen LogP contribution >= 0.6 is 11.6 Å². The van der Waals surface area contributed by atoms with Crippen LogP contribution in [-0.4, -0.2) is 40.7 Å². The van der Waals surface area contributed by atoms with Crippen molar-refractivity contribution in [2.75, 3.05) is 19.7 Å². The molecule has 0 spiro atoms. The van der Waals surface area contributed by atoms with Crippen LogP contribution in [0, 0.1) is 5.92 Å². The van der Waals surface area contributed by atoms with E-state index in [2.05, 4.69) is 0 Å². The summed E-state index contributed by atoms with van der Waals surface area (Å²) in [5.74, 6) is 0.206. The molecule has 1 aromatic carbocycles. The summed E-state index contributed by atoms with van der Waals surface area (Å²) in [6, 6.07) is 4.48. The van der Waals surface area contributed by atoms with Crippen LogP contribution in [0.5, 0.6) is 5.75 Å². The van der Waals surface area contributed by atoms with E-state index in [0.29, 0.717) is 24.6 Å². The Labute approximate surface area is 111 Å². The molecule has 1 aromatic rings. The van der Waals surface area contributed by atoms with Gasteiger partial charge in [-0.25, -0.2) is 0 Å². The minimum absolute atomic E-state index is 0.0211. The van der Waals surface area contributed by atoms with E-state index in [0.717, 1.165) is 12.8 Å². The van der Waals surface area contributed by atoms with Gasteiger partial charge in [-0.1, -0.05) is 11.6 Å². The summed E-state index contributed by atoms with van der Waals surface area (Å²) < 4.78 is 0. The van der Waals surface area contributed by atoms with Crippen LogP contribution in [0.2, 0.25) is 5.02 Å². The molecule has 5 heteroatoms. The molecule has 2 rings (SSSR count). The van der Waals surface area contributed by atoms with Crippen LogP contribution in [0.3, 0.4) is 0 Å². The van der Waals surface area contributed by atoms with Gasteiger partial charge in [-0.2, -0.15) is 0 Å². The molecule has 1 fully saturated rings. The van der Waals surface area contributed by atoms with E-state index in [1.54, 1.807) is 11.0 Å². The largest absolute Gasteiger partial charge is 0.506 e. The summed E-state index contributed by atoms with van der Waals surface area (Å²) >= 11 is 5.79.